The first kappa shape index (κ1) is 39.5. The van der Waals surface area contributed by atoms with Crippen molar-refractivity contribution in [3.63, 3.8) is 0 Å². The van der Waals surface area contributed by atoms with E-state index in [0.717, 1.165) is 29.9 Å². The van der Waals surface area contributed by atoms with Crippen LogP contribution in [-0.2, 0) is 11.8 Å². The molecule has 0 bridgehead atoms. The normalized spacial score (nSPS) is 13.8. The summed E-state index contributed by atoms with van der Waals surface area (Å²) in [6.07, 6.45) is 4.51. The van der Waals surface area contributed by atoms with Crippen LogP contribution < -0.4 is 4.90 Å². The Morgan fingerprint density at radius 2 is 0.986 bits per heavy atom. The lowest BCUT2D eigenvalue weighted by Crippen LogP contribution is -2.26. The zero-order chi connectivity index (χ0) is 45.9. The number of fused-ring (bicyclic) bond motifs is 16. The first-order chi connectivity index (χ1) is 34.7. The Morgan fingerprint density at radius 1 is 0.400 bits per heavy atom. The van der Waals surface area contributed by atoms with Crippen molar-refractivity contribution in [1.29, 1.82) is 0 Å². The Bertz CT molecular complexity index is 4070. The molecule has 0 fully saturated rings. The standard InChI is InChI=1S/C67H44N2S/c1-2-16-43(17-3-1)44-30-38-64-56(40-44)54-22-8-14-28-63(54)69(64)47-34-32-46(33-35-47)68(62-27-13-7-18-49(62)45-31-39-66-57(41-45)55-23-9-15-29-65(55)70-66)48-36-37-53-52-21-6-12-26-60(52)67(61(53)42-48)58-24-10-4-19-50(58)51-20-5-11-25-59(51)67/h1-30,32-38,40-42H,31,39H2. The molecule has 12 aromatic rings. The van der Waals surface area contributed by atoms with E-state index in [1.54, 1.807) is 0 Å². The van der Waals surface area contributed by atoms with E-state index in [1.165, 1.54) is 115 Å². The Labute approximate surface area is 411 Å². The molecule has 0 unspecified atom stereocenters. The molecule has 0 atom stereocenters. The fourth-order valence-corrected chi connectivity index (χ4v) is 13.8. The maximum absolute atomic E-state index is 2.53. The highest BCUT2D eigenvalue weighted by Crippen LogP contribution is 2.63. The van der Waals surface area contributed by atoms with Gasteiger partial charge in [-0.15, -0.1) is 11.3 Å². The highest BCUT2D eigenvalue weighted by molar-refractivity contribution is 7.19. The second-order valence-corrected chi connectivity index (χ2v) is 20.2. The molecule has 0 radical (unpaired) electrons. The van der Waals surface area contributed by atoms with E-state index in [2.05, 4.69) is 252 Å². The Hall–Kier alpha value is -8.50. The van der Waals surface area contributed by atoms with E-state index in [9.17, 15) is 0 Å². The van der Waals surface area contributed by atoms with E-state index < -0.39 is 5.41 Å². The molecular weight excluding hydrogens is 865 g/mol. The van der Waals surface area contributed by atoms with Crippen LogP contribution in [-0.4, -0.2) is 4.57 Å². The minimum absolute atomic E-state index is 0.455. The highest BCUT2D eigenvalue weighted by Gasteiger charge is 2.51. The summed E-state index contributed by atoms with van der Waals surface area (Å²) in [4.78, 5) is 4.01. The maximum Gasteiger partial charge on any atom is 0.0726 e. The number of thiophene rings is 1. The molecule has 3 heteroatoms. The van der Waals surface area contributed by atoms with Crippen LogP contribution in [0, 0.1) is 0 Å². The molecule has 3 aliphatic rings. The number of aryl methyl sites for hydroxylation is 1. The van der Waals surface area contributed by atoms with E-state index in [0.29, 0.717) is 0 Å². The van der Waals surface area contributed by atoms with Gasteiger partial charge in [-0.3, -0.25) is 0 Å². The summed E-state index contributed by atoms with van der Waals surface area (Å²) in [5.41, 5.74) is 23.6. The highest BCUT2D eigenvalue weighted by atomic mass is 32.1. The van der Waals surface area contributed by atoms with Gasteiger partial charge >= 0.3 is 0 Å². The summed E-state index contributed by atoms with van der Waals surface area (Å²) in [7, 11) is 0. The van der Waals surface area contributed by atoms with Crippen LogP contribution in [0.5, 0.6) is 0 Å². The van der Waals surface area contributed by atoms with Crippen molar-refractivity contribution >= 4 is 71.9 Å². The third kappa shape index (κ3) is 5.61. The molecule has 10 aromatic carbocycles. The number of nitrogens with zero attached hydrogens (tertiary/aromatic N) is 2. The Kier molecular flexibility index (Phi) is 8.60. The lowest BCUT2D eigenvalue weighted by molar-refractivity contribution is 0.793. The Balaban J connectivity index is 0.940. The summed E-state index contributed by atoms with van der Waals surface area (Å²) >= 11 is 1.95. The van der Waals surface area contributed by atoms with Gasteiger partial charge in [-0.25, -0.2) is 0 Å². The number of hydrogen-bond acceptors (Lipinski definition) is 2. The first-order valence-corrected chi connectivity index (χ1v) is 25.3. The van der Waals surface area contributed by atoms with E-state index in [4.69, 9.17) is 0 Å². The molecule has 0 saturated heterocycles. The Morgan fingerprint density at radius 3 is 1.73 bits per heavy atom. The second-order valence-electron chi connectivity index (χ2n) is 19.0. The number of rotatable bonds is 6. The molecule has 2 aromatic heterocycles. The lowest BCUT2D eigenvalue weighted by atomic mass is 9.70. The molecule has 2 heterocycles. The van der Waals surface area contributed by atoms with Crippen molar-refractivity contribution in [1.82, 2.24) is 4.57 Å². The summed E-state index contributed by atoms with van der Waals surface area (Å²) < 4.78 is 3.80. The van der Waals surface area contributed by atoms with Gasteiger partial charge in [0.05, 0.1) is 22.1 Å². The number of hydrogen-bond donors (Lipinski definition) is 0. The van der Waals surface area contributed by atoms with Gasteiger partial charge in [0.1, 0.15) is 0 Å². The van der Waals surface area contributed by atoms with Crippen molar-refractivity contribution in [2.45, 2.75) is 18.3 Å². The van der Waals surface area contributed by atoms with E-state index in [-0.39, 0.29) is 0 Å². The van der Waals surface area contributed by atoms with Gasteiger partial charge in [0.2, 0.25) is 0 Å². The van der Waals surface area contributed by atoms with Crippen LogP contribution in [0.2, 0.25) is 0 Å². The van der Waals surface area contributed by atoms with Crippen LogP contribution in [0.1, 0.15) is 44.7 Å². The topological polar surface area (TPSA) is 8.17 Å². The smallest absolute Gasteiger partial charge is 0.0726 e. The molecule has 0 N–H and O–H groups in total. The number of aromatic nitrogens is 1. The van der Waals surface area contributed by atoms with Crippen molar-refractivity contribution in [2.75, 3.05) is 4.90 Å². The van der Waals surface area contributed by atoms with E-state index >= 15 is 0 Å². The second kappa shape index (κ2) is 15.3. The largest absolute Gasteiger partial charge is 0.310 e. The van der Waals surface area contributed by atoms with Crippen molar-refractivity contribution in [3.8, 4) is 39.1 Å². The number of allylic oxidation sites excluding steroid dienone is 1. The fourth-order valence-electron chi connectivity index (χ4n) is 12.6. The third-order valence-corrected chi connectivity index (χ3v) is 16.8. The van der Waals surface area contributed by atoms with Gasteiger partial charge in [0.25, 0.3) is 0 Å². The van der Waals surface area contributed by atoms with Gasteiger partial charge < -0.3 is 9.47 Å². The average molecular weight is 909 g/mol. The molecule has 3 aliphatic carbocycles. The van der Waals surface area contributed by atoms with Crippen LogP contribution in [0.15, 0.2) is 237 Å². The van der Waals surface area contributed by atoms with Crippen LogP contribution >= 0.6 is 11.3 Å². The summed E-state index contributed by atoms with van der Waals surface area (Å²) in [6, 6.07) is 88.4. The molecule has 0 saturated carbocycles. The SMILES string of the molecule is C1=C(c2ccccc2N(c2ccc(-n3c4ccccc4c4cc(-c5ccccc5)ccc43)cc2)c2ccc3c(c2)C2(c4ccccc4-c4ccccc42)c2ccccc2-3)CCc2sc3ccccc3c21. The van der Waals surface area contributed by atoms with Crippen molar-refractivity contribution in [2.24, 2.45) is 0 Å². The van der Waals surface area contributed by atoms with Crippen molar-refractivity contribution in [3.05, 3.63) is 275 Å². The van der Waals surface area contributed by atoms with Gasteiger partial charge in [-0.05, 0) is 158 Å². The average Bonchev–Trinajstić information content (AvgIpc) is 4.15. The van der Waals surface area contributed by atoms with Crippen LogP contribution in [0.25, 0.3) is 82.6 Å². The molecular formula is C67H44N2S. The molecule has 2 nitrogen and oxygen atoms in total. The number of para-hydroxylation sites is 2. The van der Waals surface area contributed by atoms with Crippen LogP contribution in [0.3, 0.4) is 0 Å². The summed E-state index contributed by atoms with van der Waals surface area (Å²) in [5.74, 6) is 0. The summed E-state index contributed by atoms with van der Waals surface area (Å²) in [5, 5.41) is 3.86. The van der Waals surface area contributed by atoms with E-state index in [1.807, 2.05) is 11.3 Å². The fraction of sp³-hybridized carbons (Fsp3) is 0.0448. The first-order valence-electron chi connectivity index (χ1n) is 24.5. The molecule has 328 valence electrons. The summed E-state index contributed by atoms with van der Waals surface area (Å²) in [6.45, 7) is 0. The third-order valence-electron chi connectivity index (χ3n) is 15.5. The minimum atomic E-state index is -0.455. The van der Waals surface area contributed by atoms with Crippen molar-refractivity contribution < 1.29 is 0 Å². The predicted octanol–water partition coefficient (Wildman–Crippen LogP) is 18.0. The van der Waals surface area contributed by atoms with Gasteiger partial charge in [-0.2, -0.15) is 0 Å². The van der Waals surface area contributed by atoms with Gasteiger partial charge in [0.15, 0.2) is 0 Å². The molecule has 0 amide bonds. The zero-order valence-electron chi connectivity index (χ0n) is 38.3. The number of benzene rings is 10. The molecule has 70 heavy (non-hydrogen) atoms. The van der Waals surface area contributed by atoms with Gasteiger partial charge in [0, 0.05) is 43.0 Å². The minimum Gasteiger partial charge on any atom is -0.310 e. The monoisotopic (exact) mass is 908 g/mol. The quantitative estimate of drug-likeness (QED) is 0.161. The molecule has 15 rings (SSSR count). The molecule has 0 aliphatic heterocycles. The predicted molar refractivity (Wildman–Crippen MR) is 295 cm³/mol. The maximum atomic E-state index is 2.53. The lowest BCUT2D eigenvalue weighted by Gasteiger charge is -2.33. The molecule has 1 spiro atoms. The van der Waals surface area contributed by atoms with Gasteiger partial charge in [-0.1, -0.05) is 170 Å². The zero-order valence-corrected chi connectivity index (χ0v) is 39.1. The number of anilines is 3. The van der Waals surface area contributed by atoms with Crippen LogP contribution in [0.4, 0.5) is 17.1 Å².